The van der Waals surface area contributed by atoms with E-state index < -0.39 is 24.5 Å². The molecule has 7 nitrogen and oxygen atoms in total. The monoisotopic (exact) mass is 306 g/mol. The minimum Gasteiger partial charge on any atom is -0.497 e. The lowest BCUT2D eigenvalue weighted by molar-refractivity contribution is -0.147. The Balaban J connectivity index is 2.31. The molecule has 0 bridgehead atoms. The molecule has 0 aliphatic rings. The van der Waals surface area contributed by atoms with Crippen molar-refractivity contribution in [2.24, 2.45) is 0 Å². The number of nitrogens with one attached hydrogen (secondary N) is 2. The normalized spacial score (nSPS) is 9.50. The molecule has 1 rings (SSSR count). The minimum absolute atomic E-state index is 0.0277. The van der Waals surface area contributed by atoms with Crippen LogP contribution in [-0.2, 0) is 20.7 Å². The van der Waals surface area contributed by atoms with E-state index in [1.807, 2.05) is 5.32 Å². The number of carbonyl (C=O) groups excluding carboxylic acids is 3. The number of ether oxygens (including phenoxy) is 2. The number of benzene rings is 1. The molecule has 118 valence electrons. The SMILES string of the molecule is C=CCNC(=O)NC(=O)COC(=O)Cc1ccc(OC)cc1. The summed E-state index contributed by atoms with van der Waals surface area (Å²) in [5, 5.41) is 4.38. The molecule has 0 heterocycles. The van der Waals surface area contributed by atoms with Gasteiger partial charge in [-0.25, -0.2) is 4.79 Å². The number of urea groups is 1. The van der Waals surface area contributed by atoms with E-state index in [1.54, 1.807) is 31.4 Å². The number of hydrogen-bond acceptors (Lipinski definition) is 5. The van der Waals surface area contributed by atoms with Crippen LogP contribution in [0.15, 0.2) is 36.9 Å². The third kappa shape index (κ3) is 6.56. The van der Waals surface area contributed by atoms with E-state index in [4.69, 9.17) is 9.47 Å². The highest BCUT2D eigenvalue weighted by molar-refractivity contribution is 5.95. The summed E-state index contributed by atoms with van der Waals surface area (Å²) in [5.41, 5.74) is 0.731. The molecule has 1 aromatic carbocycles. The van der Waals surface area contributed by atoms with Crippen LogP contribution in [0.2, 0.25) is 0 Å². The number of amides is 3. The Morgan fingerprint density at radius 3 is 2.50 bits per heavy atom. The van der Waals surface area contributed by atoms with Gasteiger partial charge in [0.2, 0.25) is 0 Å². The Morgan fingerprint density at radius 2 is 1.91 bits per heavy atom. The summed E-state index contributed by atoms with van der Waals surface area (Å²) >= 11 is 0. The second-order valence-electron chi connectivity index (χ2n) is 4.23. The van der Waals surface area contributed by atoms with E-state index in [2.05, 4.69) is 11.9 Å². The summed E-state index contributed by atoms with van der Waals surface area (Å²) in [5.74, 6) is -0.585. The third-order valence-electron chi connectivity index (χ3n) is 2.53. The Kier molecular flexibility index (Phi) is 7.18. The zero-order valence-electron chi connectivity index (χ0n) is 12.3. The average Bonchev–Trinajstić information content (AvgIpc) is 2.51. The van der Waals surface area contributed by atoms with E-state index in [9.17, 15) is 14.4 Å². The van der Waals surface area contributed by atoms with Crippen LogP contribution in [0.3, 0.4) is 0 Å². The van der Waals surface area contributed by atoms with Crippen LogP contribution in [0.25, 0.3) is 0 Å². The van der Waals surface area contributed by atoms with Gasteiger partial charge in [-0.1, -0.05) is 18.2 Å². The number of esters is 1. The van der Waals surface area contributed by atoms with Crippen LogP contribution in [0, 0.1) is 0 Å². The lowest BCUT2D eigenvalue weighted by atomic mass is 10.1. The molecule has 0 saturated heterocycles. The predicted octanol–water partition coefficient (Wildman–Crippen LogP) is 0.793. The van der Waals surface area contributed by atoms with Crippen molar-refractivity contribution < 1.29 is 23.9 Å². The zero-order valence-corrected chi connectivity index (χ0v) is 12.3. The standard InChI is InChI=1S/C15H18N2O5/c1-3-8-16-15(20)17-13(18)10-22-14(19)9-11-4-6-12(21-2)7-5-11/h3-7H,1,8-10H2,2H3,(H2,16,17,18,20). The Bertz CT molecular complexity index is 539. The highest BCUT2D eigenvalue weighted by Gasteiger charge is 2.11. The molecular weight excluding hydrogens is 288 g/mol. The largest absolute Gasteiger partial charge is 0.497 e. The Hall–Kier alpha value is -2.83. The Morgan fingerprint density at radius 1 is 1.23 bits per heavy atom. The molecule has 7 heteroatoms. The van der Waals surface area contributed by atoms with Crippen molar-refractivity contribution in [3.63, 3.8) is 0 Å². The zero-order chi connectivity index (χ0) is 16.4. The maximum atomic E-state index is 11.6. The first-order chi connectivity index (χ1) is 10.5. The van der Waals surface area contributed by atoms with Gasteiger partial charge >= 0.3 is 12.0 Å². The molecule has 3 amide bonds. The summed E-state index contributed by atoms with van der Waals surface area (Å²) in [6.07, 6.45) is 1.50. The van der Waals surface area contributed by atoms with Gasteiger partial charge in [-0.05, 0) is 17.7 Å². The first-order valence-corrected chi connectivity index (χ1v) is 6.52. The number of carbonyl (C=O) groups is 3. The minimum atomic E-state index is -0.704. The van der Waals surface area contributed by atoms with Crippen molar-refractivity contribution in [3.05, 3.63) is 42.5 Å². The number of methoxy groups -OCH3 is 1. The summed E-state index contributed by atoms with van der Waals surface area (Å²) in [7, 11) is 1.55. The van der Waals surface area contributed by atoms with Crippen molar-refractivity contribution in [2.45, 2.75) is 6.42 Å². The first kappa shape index (κ1) is 17.2. The number of imide groups is 1. The van der Waals surface area contributed by atoms with Gasteiger partial charge in [0.05, 0.1) is 13.5 Å². The van der Waals surface area contributed by atoms with E-state index in [0.717, 1.165) is 5.56 Å². The van der Waals surface area contributed by atoms with Crippen molar-refractivity contribution in [1.29, 1.82) is 0 Å². The maximum Gasteiger partial charge on any atom is 0.321 e. The van der Waals surface area contributed by atoms with Crippen LogP contribution >= 0.6 is 0 Å². The molecule has 0 fully saturated rings. The van der Waals surface area contributed by atoms with Gasteiger partial charge in [-0.2, -0.15) is 0 Å². The van der Waals surface area contributed by atoms with E-state index >= 15 is 0 Å². The lowest BCUT2D eigenvalue weighted by Crippen LogP contribution is -2.41. The molecule has 0 aliphatic heterocycles. The van der Waals surface area contributed by atoms with Gasteiger partial charge in [0.15, 0.2) is 6.61 Å². The van der Waals surface area contributed by atoms with Crippen molar-refractivity contribution in [1.82, 2.24) is 10.6 Å². The van der Waals surface area contributed by atoms with Gasteiger partial charge in [0.1, 0.15) is 5.75 Å². The summed E-state index contributed by atoms with van der Waals surface area (Å²) < 4.78 is 9.79. The quantitative estimate of drug-likeness (QED) is 0.574. The molecule has 0 spiro atoms. The first-order valence-electron chi connectivity index (χ1n) is 6.52. The second kappa shape index (κ2) is 9.17. The van der Waals surface area contributed by atoms with E-state index in [1.165, 1.54) is 6.08 Å². The fourth-order valence-corrected chi connectivity index (χ4v) is 1.48. The van der Waals surface area contributed by atoms with E-state index in [-0.39, 0.29) is 13.0 Å². The summed E-state index contributed by atoms with van der Waals surface area (Å²) in [4.78, 5) is 34.1. The second-order valence-corrected chi connectivity index (χ2v) is 4.23. The highest BCUT2D eigenvalue weighted by Crippen LogP contribution is 2.11. The van der Waals surface area contributed by atoms with Crippen molar-refractivity contribution in [2.75, 3.05) is 20.3 Å². The highest BCUT2D eigenvalue weighted by atomic mass is 16.5. The van der Waals surface area contributed by atoms with Crippen LogP contribution in [-0.4, -0.2) is 38.2 Å². The topological polar surface area (TPSA) is 93.7 Å². The number of hydrogen-bond donors (Lipinski definition) is 2. The molecule has 0 unspecified atom stereocenters. The van der Waals surface area contributed by atoms with Gasteiger partial charge in [-0.3, -0.25) is 14.9 Å². The molecule has 22 heavy (non-hydrogen) atoms. The van der Waals surface area contributed by atoms with Gasteiger partial charge in [0, 0.05) is 6.54 Å². The van der Waals surface area contributed by atoms with Crippen LogP contribution in [0.5, 0.6) is 5.75 Å². The van der Waals surface area contributed by atoms with E-state index in [0.29, 0.717) is 5.75 Å². The lowest BCUT2D eigenvalue weighted by Gasteiger charge is -2.07. The summed E-state index contributed by atoms with van der Waals surface area (Å²) in [6, 6.07) is 6.22. The third-order valence-corrected chi connectivity index (χ3v) is 2.53. The average molecular weight is 306 g/mol. The van der Waals surface area contributed by atoms with Crippen LogP contribution in [0.4, 0.5) is 4.79 Å². The van der Waals surface area contributed by atoms with Crippen LogP contribution in [0.1, 0.15) is 5.56 Å². The fourth-order valence-electron chi connectivity index (χ4n) is 1.48. The predicted molar refractivity (Wildman–Crippen MR) is 79.4 cm³/mol. The molecule has 2 N–H and O–H groups in total. The smallest absolute Gasteiger partial charge is 0.321 e. The molecule has 1 aromatic rings. The van der Waals surface area contributed by atoms with Crippen molar-refractivity contribution in [3.8, 4) is 5.75 Å². The molecule has 0 aliphatic carbocycles. The van der Waals surface area contributed by atoms with Gasteiger partial charge in [0.25, 0.3) is 5.91 Å². The molecule has 0 radical (unpaired) electrons. The Labute approximate surface area is 128 Å². The van der Waals surface area contributed by atoms with Gasteiger partial charge in [-0.15, -0.1) is 6.58 Å². The molecule has 0 atom stereocenters. The van der Waals surface area contributed by atoms with Gasteiger partial charge < -0.3 is 14.8 Å². The molecule has 0 aromatic heterocycles. The molecular formula is C15H18N2O5. The van der Waals surface area contributed by atoms with Crippen molar-refractivity contribution >= 4 is 17.9 Å². The van der Waals surface area contributed by atoms with Crippen LogP contribution < -0.4 is 15.4 Å². The molecule has 0 saturated carbocycles. The number of rotatable bonds is 7. The summed E-state index contributed by atoms with van der Waals surface area (Å²) in [6.45, 7) is 3.13. The maximum absolute atomic E-state index is 11.6. The fraction of sp³-hybridized carbons (Fsp3) is 0.267.